The fraction of sp³-hybridized carbons (Fsp3) is 0.929. The topological polar surface area (TPSA) is 58.4 Å². The third-order valence-corrected chi connectivity index (χ3v) is 4.43. The average molecular weight is 253 g/mol. The lowest BCUT2D eigenvalue weighted by Gasteiger charge is -2.40. The van der Waals surface area contributed by atoms with Crippen LogP contribution in [-0.2, 0) is 4.79 Å². The van der Waals surface area contributed by atoms with Crippen LogP contribution in [0.2, 0.25) is 0 Å². The second-order valence-electron chi connectivity index (χ2n) is 5.83. The summed E-state index contributed by atoms with van der Waals surface area (Å²) in [7, 11) is 0. The zero-order valence-electron chi connectivity index (χ0n) is 11.5. The molecule has 1 saturated heterocycles. The van der Waals surface area contributed by atoms with E-state index < -0.39 is 0 Å². The second kappa shape index (κ2) is 6.53. The van der Waals surface area contributed by atoms with E-state index in [0.29, 0.717) is 25.0 Å². The number of likely N-dealkylation sites (tertiary alicyclic amines) is 1. The van der Waals surface area contributed by atoms with Gasteiger partial charge in [-0.3, -0.25) is 9.69 Å². The van der Waals surface area contributed by atoms with Gasteiger partial charge in [-0.25, -0.2) is 0 Å². The van der Waals surface area contributed by atoms with Crippen molar-refractivity contribution in [2.75, 3.05) is 26.2 Å². The number of piperidine rings is 1. The van der Waals surface area contributed by atoms with Gasteiger partial charge in [0.25, 0.3) is 0 Å². The molecule has 4 heteroatoms. The van der Waals surface area contributed by atoms with Crippen molar-refractivity contribution >= 4 is 5.91 Å². The van der Waals surface area contributed by atoms with Crippen LogP contribution in [0.5, 0.6) is 0 Å². The van der Waals surface area contributed by atoms with E-state index in [-0.39, 0.29) is 5.91 Å². The Morgan fingerprint density at radius 3 is 2.78 bits per heavy atom. The van der Waals surface area contributed by atoms with E-state index in [0.717, 1.165) is 19.0 Å². The van der Waals surface area contributed by atoms with Gasteiger partial charge in [-0.1, -0.05) is 13.3 Å². The van der Waals surface area contributed by atoms with Gasteiger partial charge in [0.05, 0.1) is 6.54 Å². The Labute approximate surface area is 110 Å². The highest BCUT2D eigenvalue weighted by Gasteiger charge is 2.30. The van der Waals surface area contributed by atoms with E-state index in [4.69, 9.17) is 5.73 Å². The molecule has 0 radical (unpaired) electrons. The van der Waals surface area contributed by atoms with Gasteiger partial charge in [-0.2, -0.15) is 0 Å². The normalized spacial score (nSPS) is 29.2. The third kappa shape index (κ3) is 3.69. The first-order valence-electron chi connectivity index (χ1n) is 7.45. The lowest BCUT2D eigenvalue weighted by Crippen LogP contribution is -2.52. The number of hydrogen-bond donors (Lipinski definition) is 2. The number of nitrogens with zero attached hydrogens (tertiary/aromatic N) is 1. The molecule has 1 amide bonds. The summed E-state index contributed by atoms with van der Waals surface area (Å²) >= 11 is 0. The minimum atomic E-state index is 0.178. The summed E-state index contributed by atoms with van der Waals surface area (Å²) in [5, 5.41) is 3.05. The standard InChI is InChI=1S/C14H27N3O/c1-2-12-4-3-7-17(13(12)8-15)10-14(18)16-9-11-5-6-11/h11-13H,2-10,15H2,1H3,(H,16,18). The molecule has 2 aliphatic rings. The van der Waals surface area contributed by atoms with Crippen LogP contribution >= 0.6 is 0 Å². The highest BCUT2D eigenvalue weighted by Crippen LogP contribution is 2.28. The number of nitrogens with two attached hydrogens (primary N) is 1. The molecule has 2 unspecified atom stereocenters. The van der Waals surface area contributed by atoms with Crippen molar-refractivity contribution in [3.8, 4) is 0 Å². The summed E-state index contributed by atoms with van der Waals surface area (Å²) in [6, 6.07) is 0.399. The second-order valence-corrected chi connectivity index (χ2v) is 5.83. The van der Waals surface area contributed by atoms with Crippen LogP contribution in [0.4, 0.5) is 0 Å². The maximum absolute atomic E-state index is 11.9. The van der Waals surface area contributed by atoms with Crippen molar-refractivity contribution in [2.24, 2.45) is 17.6 Å². The molecular weight excluding hydrogens is 226 g/mol. The molecule has 0 spiro atoms. The van der Waals surface area contributed by atoms with Crippen molar-refractivity contribution in [2.45, 2.75) is 45.1 Å². The number of carbonyl (C=O) groups is 1. The molecule has 2 fully saturated rings. The maximum atomic E-state index is 11.9. The van der Waals surface area contributed by atoms with Gasteiger partial charge >= 0.3 is 0 Å². The van der Waals surface area contributed by atoms with E-state index >= 15 is 0 Å². The molecule has 0 aromatic carbocycles. The van der Waals surface area contributed by atoms with Gasteiger partial charge in [-0.05, 0) is 44.1 Å². The first kappa shape index (κ1) is 13.8. The van der Waals surface area contributed by atoms with Crippen LogP contribution in [0.25, 0.3) is 0 Å². The molecule has 18 heavy (non-hydrogen) atoms. The largest absolute Gasteiger partial charge is 0.355 e. The molecule has 2 rings (SSSR count). The minimum Gasteiger partial charge on any atom is -0.355 e. The highest BCUT2D eigenvalue weighted by molar-refractivity contribution is 5.78. The Kier molecular flexibility index (Phi) is 5.01. The fourth-order valence-corrected chi connectivity index (χ4v) is 3.05. The minimum absolute atomic E-state index is 0.178. The van der Waals surface area contributed by atoms with E-state index in [1.165, 1.54) is 32.1 Å². The van der Waals surface area contributed by atoms with E-state index in [2.05, 4.69) is 17.1 Å². The van der Waals surface area contributed by atoms with Crippen molar-refractivity contribution in [3.05, 3.63) is 0 Å². The smallest absolute Gasteiger partial charge is 0.234 e. The van der Waals surface area contributed by atoms with Crippen LogP contribution in [0.1, 0.15) is 39.0 Å². The number of nitrogens with one attached hydrogen (secondary N) is 1. The number of rotatable bonds is 6. The maximum Gasteiger partial charge on any atom is 0.234 e. The first-order valence-corrected chi connectivity index (χ1v) is 7.45. The molecule has 0 bridgehead atoms. The van der Waals surface area contributed by atoms with Crippen molar-refractivity contribution in [3.63, 3.8) is 0 Å². The van der Waals surface area contributed by atoms with Crippen LogP contribution in [0.3, 0.4) is 0 Å². The van der Waals surface area contributed by atoms with Gasteiger partial charge in [0.15, 0.2) is 0 Å². The summed E-state index contributed by atoms with van der Waals surface area (Å²) in [4.78, 5) is 14.2. The van der Waals surface area contributed by atoms with E-state index in [1.807, 2.05) is 0 Å². The van der Waals surface area contributed by atoms with E-state index in [1.54, 1.807) is 0 Å². The van der Waals surface area contributed by atoms with Gasteiger partial charge in [0.2, 0.25) is 5.91 Å². The van der Waals surface area contributed by atoms with Crippen LogP contribution in [0, 0.1) is 11.8 Å². The molecule has 2 atom stereocenters. The SMILES string of the molecule is CCC1CCCN(CC(=O)NCC2CC2)C1CN. The summed E-state index contributed by atoms with van der Waals surface area (Å²) in [5.74, 6) is 1.60. The first-order chi connectivity index (χ1) is 8.74. The Hall–Kier alpha value is -0.610. The highest BCUT2D eigenvalue weighted by atomic mass is 16.2. The van der Waals surface area contributed by atoms with Crippen molar-refractivity contribution in [1.82, 2.24) is 10.2 Å². The summed E-state index contributed by atoms with van der Waals surface area (Å²) < 4.78 is 0. The summed E-state index contributed by atoms with van der Waals surface area (Å²) in [6.07, 6.45) is 6.20. The molecule has 1 aliphatic heterocycles. The summed E-state index contributed by atoms with van der Waals surface area (Å²) in [5.41, 5.74) is 5.89. The predicted octanol–water partition coefficient (Wildman–Crippen LogP) is 0.962. The predicted molar refractivity (Wildman–Crippen MR) is 73.2 cm³/mol. The molecular formula is C14H27N3O. The lowest BCUT2D eigenvalue weighted by atomic mass is 9.87. The Morgan fingerprint density at radius 2 is 2.17 bits per heavy atom. The molecule has 1 aliphatic carbocycles. The number of carbonyl (C=O) groups excluding carboxylic acids is 1. The number of hydrogen-bond acceptors (Lipinski definition) is 3. The fourth-order valence-electron chi connectivity index (χ4n) is 3.05. The van der Waals surface area contributed by atoms with Gasteiger partial charge < -0.3 is 11.1 Å². The van der Waals surface area contributed by atoms with Crippen molar-refractivity contribution in [1.29, 1.82) is 0 Å². The lowest BCUT2D eigenvalue weighted by molar-refractivity contribution is -0.123. The zero-order chi connectivity index (χ0) is 13.0. The van der Waals surface area contributed by atoms with Crippen LogP contribution in [0.15, 0.2) is 0 Å². The molecule has 0 aromatic rings. The molecule has 1 heterocycles. The van der Waals surface area contributed by atoms with Crippen LogP contribution in [-0.4, -0.2) is 43.0 Å². The molecule has 1 saturated carbocycles. The molecule has 104 valence electrons. The van der Waals surface area contributed by atoms with E-state index in [9.17, 15) is 4.79 Å². The monoisotopic (exact) mass is 253 g/mol. The van der Waals surface area contributed by atoms with Crippen LogP contribution < -0.4 is 11.1 Å². The van der Waals surface area contributed by atoms with Gasteiger partial charge in [0.1, 0.15) is 0 Å². The molecule has 0 aromatic heterocycles. The molecule has 3 N–H and O–H groups in total. The quantitative estimate of drug-likeness (QED) is 0.741. The third-order valence-electron chi connectivity index (χ3n) is 4.43. The summed E-state index contributed by atoms with van der Waals surface area (Å²) in [6.45, 7) is 5.33. The Morgan fingerprint density at radius 1 is 1.39 bits per heavy atom. The average Bonchev–Trinajstić information content (AvgIpc) is 3.20. The van der Waals surface area contributed by atoms with Gasteiger partial charge in [0, 0.05) is 19.1 Å². The zero-order valence-corrected chi connectivity index (χ0v) is 11.5. The van der Waals surface area contributed by atoms with Gasteiger partial charge in [-0.15, -0.1) is 0 Å². The Balaban J connectivity index is 1.79. The Bertz CT molecular complexity index is 278. The van der Waals surface area contributed by atoms with Crippen molar-refractivity contribution < 1.29 is 4.79 Å². The molecule has 4 nitrogen and oxygen atoms in total. The number of amides is 1.